The summed E-state index contributed by atoms with van der Waals surface area (Å²) in [7, 11) is 1.74. The molecule has 1 aliphatic carbocycles. The molecule has 0 bridgehead atoms. The molecule has 1 saturated carbocycles. The van der Waals surface area contributed by atoms with Crippen molar-refractivity contribution in [3.63, 3.8) is 0 Å². The molecule has 2 heterocycles. The molecule has 5 rings (SSSR count). The van der Waals surface area contributed by atoms with E-state index in [1.165, 1.54) is 6.92 Å². The van der Waals surface area contributed by atoms with Gasteiger partial charge in [-0.3, -0.25) is 4.79 Å². The minimum absolute atomic E-state index is 0.154. The number of Topliss-reactive ketones (excluding diaryl/α,β-unsaturated/α-hetero) is 1. The minimum atomic E-state index is -1.13. The number of fused-ring (bicyclic) bond motifs is 1. The van der Waals surface area contributed by atoms with Crippen LogP contribution in [0.4, 0.5) is 5.82 Å². The zero-order valence-corrected chi connectivity index (χ0v) is 19.4. The number of aromatic nitrogens is 4. The maximum Gasteiger partial charge on any atom is 0.209 e. The summed E-state index contributed by atoms with van der Waals surface area (Å²) >= 11 is 0. The molecule has 0 saturated heterocycles. The molecule has 35 heavy (non-hydrogen) atoms. The first-order valence-electron chi connectivity index (χ1n) is 11.4. The number of benzene rings is 2. The van der Waals surface area contributed by atoms with E-state index in [1.54, 1.807) is 17.9 Å². The van der Waals surface area contributed by atoms with Crippen molar-refractivity contribution in [3.05, 3.63) is 72.3 Å². The van der Waals surface area contributed by atoms with E-state index >= 15 is 0 Å². The number of aliphatic hydroxyl groups excluding tert-OH is 2. The van der Waals surface area contributed by atoms with Crippen molar-refractivity contribution in [3.8, 4) is 23.0 Å². The van der Waals surface area contributed by atoms with E-state index in [0.717, 1.165) is 16.7 Å². The van der Waals surface area contributed by atoms with Crippen LogP contribution in [0.3, 0.4) is 0 Å². The van der Waals surface area contributed by atoms with Gasteiger partial charge in [0.25, 0.3) is 0 Å². The maximum absolute atomic E-state index is 11.9. The molecule has 2 aromatic heterocycles. The van der Waals surface area contributed by atoms with Crippen LogP contribution < -0.4 is 5.32 Å². The number of aliphatic hydroxyl groups is 2. The van der Waals surface area contributed by atoms with Crippen molar-refractivity contribution in [2.24, 2.45) is 5.92 Å². The molecule has 8 heteroatoms. The van der Waals surface area contributed by atoms with E-state index in [2.05, 4.69) is 44.2 Å². The van der Waals surface area contributed by atoms with Crippen molar-refractivity contribution in [2.75, 3.05) is 12.4 Å². The Kier molecular flexibility index (Phi) is 6.03. The van der Waals surface area contributed by atoms with Crippen LogP contribution in [0, 0.1) is 17.8 Å². The van der Waals surface area contributed by atoms with Gasteiger partial charge in [-0.1, -0.05) is 48.4 Å². The molecule has 2 aromatic carbocycles. The minimum Gasteiger partial charge on any atom is -0.390 e. The average Bonchev–Trinajstić information content (AvgIpc) is 3.43. The number of imidazole rings is 1. The second-order valence-corrected chi connectivity index (χ2v) is 8.66. The van der Waals surface area contributed by atoms with Crippen LogP contribution in [0.15, 0.2) is 60.9 Å². The zero-order chi connectivity index (χ0) is 24.5. The lowest BCUT2D eigenvalue weighted by Gasteiger charge is -2.18. The molecule has 1 fully saturated rings. The first-order chi connectivity index (χ1) is 17.0. The van der Waals surface area contributed by atoms with Gasteiger partial charge in [0.2, 0.25) is 5.82 Å². The standard InChI is InChI=1S/C27H25N5O3/c1-16(33)20-14-21(25(35)24(20)34)32-15-29-23-26(28-2)30-22(31-27(23)32)13-10-17-8-11-19(12-9-17)18-6-4-3-5-7-18/h3-9,11-12,15,20-21,24-25,34-35H,14H2,1-2H3,(H,28,30,31)/t20-,21-,24?,25+/m1/s1. The average molecular weight is 468 g/mol. The predicted molar refractivity (Wildman–Crippen MR) is 133 cm³/mol. The third-order valence-electron chi connectivity index (χ3n) is 6.50. The first kappa shape index (κ1) is 22.7. The Hall–Kier alpha value is -4.06. The van der Waals surface area contributed by atoms with Crippen LogP contribution in [-0.4, -0.2) is 54.8 Å². The molecule has 0 spiro atoms. The number of hydrogen-bond acceptors (Lipinski definition) is 7. The zero-order valence-electron chi connectivity index (χ0n) is 19.4. The molecule has 3 N–H and O–H groups in total. The summed E-state index contributed by atoms with van der Waals surface area (Å²) < 4.78 is 1.70. The number of nitrogens with zero attached hydrogens (tertiary/aromatic N) is 4. The van der Waals surface area contributed by atoms with Crippen molar-refractivity contribution in [2.45, 2.75) is 31.6 Å². The summed E-state index contributed by atoms with van der Waals surface area (Å²) in [6.45, 7) is 1.43. The van der Waals surface area contributed by atoms with Gasteiger partial charge in [0.05, 0.1) is 18.5 Å². The molecule has 0 aliphatic heterocycles. The first-order valence-corrected chi connectivity index (χ1v) is 11.4. The van der Waals surface area contributed by atoms with Gasteiger partial charge in [0, 0.05) is 18.5 Å². The van der Waals surface area contributed by atoms with Crippen LogP contribution in [0.1, 0.15) is 30.8 Å². The Morgan fingerprint density at radius 2 is 1.71 bits per heavy atom. The number of nitrogens with one attached hydrogen (secondary N) is 1. The number of carbonyl (C=O) groups is 1. The Labute approximate surface area is 202 Å². The second kappa shape index (κ2) is 9.29. The van der Waals surface area contributed by atoms with Gasteiger partial charge in [-0.25, -0.2) is 15.0 Å². The van der Waals surface area contributed by atoms with Crippen molar-refractivity contribution in [1.82, 2.24) is 19.5 Å². The van der Waals surface area contributed by atoms with Crippen LogP contribution in [0.5, 0.6) is 0 Å². The quantitative estimate of drug-likeness (QED) is 0.396. The Morgan fingerprint density at radius 1 is 1.00 bits per heavy atom. The van der Waals surface area contributed by atoms with Crippen molar-refractivity contribution in [1.29, 1.82) is 0 Å². The smallest absolute Gasteiger partial charge is 0.209 e. The van der Waals surface area contributed by atoms with Crippen LogP contribution in [-0.2, 0) is 4.79 Å². The SMILES string of the molecule is CNc1nc(C#Cc2ccc(-c3ccccc3)cc2)nc2c1ncn2[C@@H]1C[C@H](C(C)=O)C(O)[C@H]1O. The van der Waals surface area contributed by atoms with E-state index in [0.29, 0.717) is 29.2 Å². The van der Waals surface area contributed by atoms with Gasteiger partial charge in [0.15, 0.2) is 17.0 Å². The lowest BCUT2D eigenvalue weighted by Crippen LogP contribution is -2.31. The second-order valence-electron chi connectivity index (χ2n) is 8.66. The Balaban J connectivity index is 1.48. The van der Waals surface area contributed by atoms with E-state index < -0.39 is 24.2 Å². The highest BCUT2D eigenvalue weighted by Gasteiger charge is 2.45. The predicted octanol–water partition coefficient (Wildman–Crippen LogP) is 2.81. The number of hydrogen-bond donors (Lipinski definition) is 3. The summed E-state index contributed by atoms with van der Waals surface area (Å²) in [5.74, 6) is 6.15. The number of rotatable bonds is 4. The monoisotopic (exact) mass is 467 g/mol. The summed E-state index contributed by atoms with van der Waals surface area (Å²) in [6, 6.07) is 17.5. The molecule has 0 amide bonds. The van der Waals surface area contributed by atoms with Crippen LogP contribution in [0.25, 0.3) is 22.3 Å². The summed E-state index contributed by atoms with van der Waals surface area (Å²) in [4.78, 5) is 25.4. The summed E-state index contributed by atoms with van der Waals surface area (Å²) in [6.07, 6.45) is -0.370. The number of ketones is 1. The van der Waals surface area contributed by atoms with Gasteiger partial charge < -0.3 is 20.1 Å². The lowest BCUT2D eigenvalue weighted by atomic mass is 10.0. The molecule has 8 nitrogen and oxygen atoms in total. The van der Waals surface area contributed by atoms with E-state index in [4.69, 9.17) is 0 Å². The molecule has 1 unspecified atom stereocenters. The molecular formula is C27H25N5O3. The van der Waals surface area contributed by atoms with Crippen LogP contribution >= 0.6 is 0 Å². The molecule has 1 aliphatic rings. The normalized spacial score (nSPS) is 21.5. The highest BCUT2D eigenvalue weighted by atomic mass is 16.3. The fourth-order valence-electron chi connectivity index (χ4n) is 4.58. The number of anilines is 1. The van der Waals surface area contributed by atoms with Gasteiger partial charge in [-0.15, -0.1) is 0 Å². The third-order valence-corrected chi connectivity index (χ3v) is 6.50. The van der Waals surface area contributed by atoms with Gasteiger partial charge in [-0.05, 0) is 42.5 Å². The fraction of sp³-hybridized carbons (Fsp3) is 0.259. The van der Waals surface area contributed by atoms with Crippen molar-refractivity contribution < 1.29 is 15.0 Å². The molecule has 4 aromatic rings. The third kappa shape index (κ3) is 4.28. The Bertz CT molecular complexity index is 1440. The molecule has 4 atom stereocenters. The largest absolute Gasteiger partial charge is 0.390 e. The molecule has 0 radical (unpaired) electrons. The van der Waals surface area contributed by atoms with Crippen LogP contribution in [0.2, 0.25) is 0 Å². The van der Waals surface area contributed by atoms with Crippen molar-refractivity contribution >= 4 is 22.8 Å². The highest BCUT2D eigenvalue weighted by Crippen LogP contribution is 2.37. The highest BCUT2D eigenvalue weighted by molar-refractivity contribution is 5.84. The lowest BCUT2D eigenvalue weighted by molar-refractivity contribution is -0.124. The Morgan fingerprint density at radius 3 is 2.37 bits per heavy atom. The fourth-order valence-corrected chi connectivity index (χ4v) is 4.58. The maximum atomic E-state index is 11.9. The topological polar surface area (TPSA) is 113 Å². The van der Waals surface area contributed by atoms with E-state index in [1.807, 2.05) is 42.5 Å². The number of carbonyl (C=O) groups excluding carboxylic acids is 1. The molecular weight excluding hydrogens is 442 g/mol. The van der Waals surface area contributed by atoms with Gasteiger partial charge >= 0.3 is 0 Å². The van der Waals surface area contributed by atoms with E-state index in [9.17, 15) is 15.0 Å². The van der Waals surface area contributed by atoms with E-state index in [-0.39, 0.29) is 5.78 Å². The summed E-state index contributed by atoms with van der Waals surface area (Å²) in [5, 5.41) is 24.0. The molecule has 176 valence electrons. The van der Waals surface area contributed by atoms with Gasteiger partial charge in [-0.2, -0.15) is 0 Å². The van der Waals surface area contributed by atoms with Gasteiger partial charge in [0.1, 0.15) is 11.9 Å². The summed E-state index contributed by atoms with van der Waals surface area (Å²) in [5.41, 5.74) is 4.08.